The van der Waals surface area contributed by atoms with E-state index in [-0.39, 0.29) is 18.6 Å². The molecule has 0 aliphatic carbocycles. The molecule has 0 radical (unpaired) electrons. The van der Waals surface area contributed by atoms with Crippen LogP contribution in [0.2, 0.25) is 0 Å². The van der Waals surface area contributed by atoms with Crippen molar-refractivity contribution in [3.8, 4) is 5.75 Å². The van der Waals surface area contributed by atoms with Gasteiger partial charge in [0, 0.05) is 48.2 Å². The summed E-state index contributed by atoms with van der Waals surface area (Å²) in [7, 11) is 0. The number of aliphatic hydroxyl groups is 1. The van der Waals surface area contributed by atoms with Crippen LogP contribution in [0.3, 0.4) is 0 Å². The first-order chi connectivity index (χ1) is 15.4. The number of aryl methyl sites for hydroxylation is 1. The van der Waals surface area contributed by atoms with E-state index in [1.807, 2.05) is 0 Å². The molecule has 0 spiro atoms. The van der Waals surface area contributed by atoms with Crippen molar-refractivity contribution >= 4 is 29.3 Å². The average Bonchev–Trinajstić information content (AvgIpc) is 3.20. The predicted molar refractivity (Wildman–Crippen MR) is 119 cm³/mol. The number of piperidine rings is 1. The van der Waals surface area contributed by atoms with Crippen LogP contribution in [0.5, 0.6) is 5.75 Å². The van der Waals surface area contributed by atoms with Crippen LogP contribution >= 0.6 is 0 Å². The lowest BCUT2D eigenvalue weighted by Gasteiger charge is -2.31. The Labute approximate surface area is 185 Å². The number of H-pyrrole nitrogens is 1. The van der Waals surface area contributed by atoms with Crippen LogP contribution in [0.1, 0.15) is 35.4 Å². The smallest absolute Gasteiger partial charge is 0.408 e. The second kappa shape index (κ2) is 9.13. The lowest BCUT2D eigenvalue weighted by Crippen LogP contribution is -2.46. The van der Waals surface area contributed by atoms with Gasteiger partial charge in [0.15, 0.2) is 5.75 Å². The molecule has 1 saturated heterocycles. The molecule has 0 saturated carbocycles. The van der Waals surface area contributed by atoms with Crippen LogP contribution < -0.4 is 15.4 Å². The number of nitrogens with zero attached hydrogens (tertiary/aromatic N) is 1. The van der Waals surface area contributed by atoms with Gasteiger partial charge in [-0.2, -0.15) is 0 Å². The minimum Gasteiger partial charge on any atom is -0.408 e. The van der Waals surface area contributed by atoms with E-state index < -0.39 is 11.9 Å². The number of β-amino-alcohol motifs (C(OH)–C–C–N with tert-alkyl or cyclic N) is 1. The molecule has 1 fully saturated rings. The molecule has 2 aromatic rings. The zero-order valence-electron chi connectivity index (χ0n) is 18.1. The van der Waals surface area contributed by atoms with Crippen LogP contribution in [0, 0.1) is 19.7 Å². The summed E-state index contributed by atoms with van der Waals surface area (Å²) in [6, 6.07) is 4.17. The Morgan fingerprint density at radius 2 is 2.09 bits per heavy atom. The Morgan fingerprint density at radius 3 is 2.81 bits per heavy atom. The number of aliphatic hydroxyl groups excluding tert-OH is 1. The average molecular weight is 442 g/mol. The summed E-state index contributed by atoms with van der Waals surface area (Å²) in [5, 5.41) is 14.7. The zero-order chi connectivity index (χ0) is 22.8. The van der Waals surface area contributed by atoms with Gasteiger partial charge in [-0.05, 0) is 51.0 Å². The van der Waals surface area contributed by atoms with Gasteiger partial charge in [0.2, 0.25) is 0 Å². The third kappa shape index (κ3) is 4.53. The molecule has 2 aliphatic rings. The van der Waals surface area contributed by atoms with Crippen molar-refractivity contribution in [3.05, 3.63) is 46.5 Å². The van der Waals surface area contributed by atoms with Crippen LogP contribution in [0.25, 0.3) is 11.6 Å². The summed E-state index contributed by atoms with van der Waals surface area (Å²) in [6.45, 7) is 5.99. The topological polar surface area (TPSA) is 107 Å². The molecule has 9 heteroatoms. The highest BCUT2D eigenvalue weighted by atomic mass is 19.1. The van der Waals surface area contributed by atoms with E-state index in [1.54, 1.807) is 19.9 Å². The number of nitrogens with one attached hydrogen (secondary N) is 3. The normalized spacial score (nSPS) is 18.0. The molecule has 2 aliphatic heterocycles. The van der Waals surface area contributed by atoms with Gasteiger partial charge in [-0.15, -0.1) is 0 Å². The van der Waals surface area contributed by atoms with Gasteiger partial charge in [-0.3, -0.25) is 4.79 Å². The lowest BCUT2D eigenvalue weighted by molar-refractivity contribution is -0.110. The van der Waals surface area contributed by atoms with E-state index in [2.05, 4.69) is 20.5 Å². The third-order valence-corrected chi connectivity index (χ3v) is 5.98. The van der Waals surface area contributed by atoms with Crippen molar-refractivity contribution in [1.82, 2.24) is 15.2 Å². The second-order valence-electron chi connectivity index (χ2n) is 8.19. The molecule has 0 atom stereocenters. The van der Waals surface area contributed by atoms with Gasteiger partial charge < -0.3 is 30.4 Å². The van der Waals surface area contributed by atoms with Crippen molar-refractivity contribution in [2.45, 2.75) is 32.7 Å². The number of carbonyl (C=O) groups is 2. The van der Waals surface area contributed by atoms with E-state index in [1.165, 1.54) is 18.2 Å². The number of likely N-dealkylation sites (tertiary alicyclic amines) is 1. The van der Waals surface area contributed by atoms with Crippen molar-refractivity contribution in [2.24, 2.45) is 0 Å². The Bertz CT molecular complexity index is 1070. The Hall–Kier alpha value is -3.17. The fraction of sp³-hybridized carbons (Fsp3) is 0.391. The van der Waals surface area contributed by atoms with Gasteiger partial charge >= 0.3 is 6.09 Å². The molecule has 2 amide bonds. The summed E-state index contributed by atoms with van der Waals surface area (Å²) < 4.78 is 19.3. The standard InChI is InChI=1S/C23H27FN4O4/c1-13-20(12-18-17-11-15(24)3-4-19(17)27-22(18)30)25-14(2)21(13)32-23(31)26-16-5-7-28(8-6-16)9-10-29/h3-4,11-12,16,25,29H,5-10H2,1-2H3,(H,26,31)(H,27,30)/b18-12-. The van der Waals surface area contributed by atoms with E-state index in [4.69, 9.17) is 9.84 Å². The van der Waals surface area contributed by atoms with E-state index >= 15 is 0 Å². The molecule has 4 rings (SSSR count). The number of hydrogen-bond donors (Lipinski definition) is 4. The maximum absolute atomic E-state index is 13.7. The Kier molecular flexibility index (Phi) is 6.29. The molecule has 4 N–H and O–H groups in total. The first-order valence-corrected chi connectivity index (χ1v) is 10.7. The van der Waals surface area contributed by atoms with Crippen LogP contribution in [-0.2, 0) is 4.79 Å². The molecular weight excluding hydrogens is 415 g/mol. The Balaban J connectivity index is 1.46. The fourth-order valence-corrected chi connectivity index (χ4v) is 4.23. The van der Waals surface area contributed by atoms with Crippen molar-refractivity contribution in [2.75, 3.05) is 31.6 Å². The van der Waals surface area contributed by atoms with E-state index in [0.29, 0.717) is 46.1 Å². The van der Waals surface area contributed by atoms with Crippen molar-refractivity contribution < 1.29 is 23.8 Å². The van der Waals surface area contributed by atoms with Crippen LogP contribution in [-0.4, -0.2) is 59.3 Å². The first-order valence-electron chi connectivity index (χ1n) is 10.7. The van der Waals surface area contributed by atoms with E-state index in [9.17, 15) is 14.0 Å². The number of aromatic amines is 1. The van der Waals surface area contributed by atoms with Crippen molar-refractivity contribution in [1.29, 1.82) is 0 Å². The van der Waals surface area contributed by atoms with Gasteiger partial charge in [0.05, 0.1) is 17.9 Å². The summed E-state index contributed by atoms with van der Waals surface area (Å²) in [6.07, 6.45) is 2.71. The maximum Gasteiger partial charge on any atom is 0.412 e. The number of aromatic nitrogens is 1. The molecular formula is C23H27FN4O4. The number of benzene rings is 1. The highest BCUT2D eigenvalue weighted by Gasteiger charge is 2.26. The summed E-state index contributed by atoms with van der Waals surface area (Å²) in [5.41, 5.74) is 3.35. The summed E-state index contributed by atoms with van der Waals surface area (Å²) >= 11 is 0. The molecule has 0 unspecified atom stereocenters. The Morgan fingerprint density at radius 1 is 1.34 bits per heavy atom. The minimum atomic E-state index is -0.527. The number of ether oxygens (including phenoxy) is 1. The van der Waals surface area contributed by atoms with Crippen LogP contribution in [0.15, 0.2) is 18.2 Å². The molecule has 32 heavy (non-hydrogen) atoms. The number of anilines is 1. The summed E-state index contributed by atoms with van der Waals surface area (Å²) in [4.78, 5) is 30.2. The second-order valence-corrected chi connectivity index (χ2v) is 8.19. The number of amides is 2. The molecule has 8 nitrogen and oxygen atoms in total. The quantitative estimate of drug-likeness (QED) is 0.533. The summed E-state index contributed by atoms with van der Waals surface area (Å²) in [5.74, 6) is -0.330. The fourth-order valence-electron chi connectivity index (χ4n) is 4.23. The third-order valence-electron chi connectivity index (χ3n) is 5.98. The zero-order valence-corrected chi connectivity index (χ0v) is 18.1. The molecule has 1 aromatic heterocycles. The maximum atomic E-state index is 13.7. The highest BCUT2D eigenvalue weighted by molar-refractivity contribution is 6.34. The first kappa shape index (κ1) is 22.0. The van der Waals surface area contributed by atoms with E-state index in [0.717, 1.165) is 25.9 Å². The van der Waals surface area contributed by atoms with Gasteiger partial charge in [0.25, 0.3) is 5.91 Å². The molecule has 170 valence electrons. The predicted octanol–water partition coefficient (Wildman–Crippen LogP) is 2.81. The number of hydrogen-bond acceptors (Lipinski definition) is 5. The highest BCUT2D eigenvalue weighted by Crippen LogP contribution is 2.35. The minimum absolute atomic E-state index is 0.0205. The molecule has 0 bridgehead atoms. The number of fused-ring (bicyclic) bond motifs is 1. The lowest BCUT2D eigenvalue weighted by atomic mass is 10.0. The largest absolute Gasteiger partial charge is 0.412 e. The van der Waals surface area contributed by atoms with Crippen molar-refractivity contribution in [3.63, 3.8) is 0 Å². The monoisotopic (exact) mass is 442 g/mol. The number of halogens is 1. The van der Waals surface area contributed by atoms with Gasteiger partial charge in [0.1, 0.15) is 5.82 Å². The van der Waals surface area contributed by atoms with Gasteiger partial charge in [-0.1, -0.05) is 0 Å². The molecule has 1 aromatic carbocycles. The number of rotatable bonds is 5. The number of carbonyl (C=O) groups excluding carboxylic acids is 2. The van der Waals surface area contributed by atoms with Gasteiger partial charge in [-0.25, -0.2) is 9.18 Å². The SMILES string of the molecule is Cc1[nH]c(/C=C2\C(=O)Nc3ccc(F)cc32)c(C)c1OC(=O)NC1CCN(CCO)CC1. The molecule has 3 heterocycles. The van der Waals surface area contributed by atoms with Crippen LogP contribution in [0.4, 0.5) is 14.9 Å².